The van der Waals surface area contributed by atoms with E-state index in [1.165, 1.54) is 4.31 Å². The summed E-state index contributed by atoms with van der Waals surface area (Å²) >= 11 is 3.31. The first-order chi connectivity index (χ1) is 13.2. The normalized spacial score (nSPS) is 26.0. The minimum atomic E-state index is -3.31. The Morgan fingerprint density at radius 3 is 2.89 bits per heavy atom. The molecule has 1 amide bonds. The molecule has 2 fully saturated rings. The minimum absolute atomic E-state index is 0.0595. The maximum absolute atomic E-state index is 12.7. The van der Waals surface area contributed by atoms with Crippen molar-refractivity contribution in [1.29, 1.82) is 0 Å². The van der Waals surface area contributed by atoms with Gasteiger partial charge in [0.25, 0.3) is 0 Å². The first kappa shape index (κ1) is 21.2. The van der Waals surface area contributed by atoms with Crippen LogP contribution >= 0.6 is 15.9 Å². The zero-order valence-electron chi connectivity index (χ0n) is 15.8. The van der Waals surface area contributed by atoms with Crippen LogP contribution in [-0.2, 0) is 14.8 Å². The molecule has 152 valence electrons. The van der Waals surface area contributed by atoms with E-state index >= 15 is 0 Å². The first-order valence-corrected chi connectivity index (χ1v) is 11.5. The van der Waals surface area contributed by atoms with Gasteiger partial charge >= 0.3 is 0 Å². The minimum Gasteiger partial charge on any atom is -0.309 e. The molecule has 1 aromatic heterocycles. The summed E-state index contributed by atoms with van der Waals surface area (Å²) in [7, 11) is -1.71. The molecule has 3 atom stereocenters. The molecule has 1 saturated carbocycles. The summed E-state index contributed by atoms with van der Waals surface area (Å²) in [5.74, 6) is 0.344. The Morgan fingerprint density at radius 1 is 1.46 bits per heavy atom. The van der Waals surface area contributed by atoms with Gasteiger partial charge in [-0.25, -0.2) is 17.7 Å². The number of nitrogens with one attached hydrogen (secondary N) is 2. The number of fused-ring (bicyclic) bond motifs is 1. The van der Waals surface area contributed by atoms with Crippen molar-refractivity contribution in [2.24, 2.45) is 5.41 Å². The third-order valence-corrected chi connectivity index (χ3v) is 7.74. The van der Waals surface area contributed by atoms with E-state index in [-0.39, 0.29) is 29.2 Å². The number of allylic oxidation sites excluding steroid dienone is 1. The number of carbonyl (C=O) groups is 1. The maximum atomic E-state index is 12.7. The van der Waals surface area contributed by atoms with Crippen molar-refractivity contribution in [2.45, 2.75) is 31.3 Å². The Hall–Kier alpha value is -1.55. The second-order valence-electron chi connectivity index (χ2n) is 7.46. The van der Waals surface area contributed by atoms with E-state index in [4.69, 9.17) is 0 Å². The van der Waals surface area contributed by atoms with Gasteiger partial charge in [0, 0.05) is 30.6 Å². The van der Waals surface area contributed by atoms with Crippen molar-refractivity contribution in [3.8, 4) is 0 Å². The molecule has 2 aliphatic rings. The van der Waals surface area contributed by atoms with Gasteiger partial charge < -0.3 is 10.6 Å². The van der Waals surface area contributed by atoms with Gasteiger partial charge in [-0.2, -0.15) is 0 Å². The largest absolute Gasteiger partial charge is 0.309 e. The molecule has 1 saturated heterocycles. The lowest BCUT2D eigenvalue weighted by Gasteiger charge is -2.22. The predicted molar refractivity (Wildman–Crippen MR) is 114 cm³/mol. The fraction of sp³-hybridized carbons (Fsp3) is 0.474. The van der Waals surface area contributed by atoms with E-state index in [1.807, 2.05) is 6.07 Å². The molecule has 0 spiro atoms. The second kappa shape index (κ2) is 8.06. The molecule has 7 nitrogen and oxygen atoms in total. The quantitative estimate of drug-likeness (QED) is 0.428. The van der Waals surface area contributed by atoms with Crippen molar-refractivity contribution in [1.82, 2.24) is 14.6 Å². The van der Waals surface area contributed by atoms with E-state index in [2.05, 4.69) is 44.7 Å². The molecule has 1 aromatic rings. The molecule has 2 heterocycles. The van der Waals surface area contributed by atoms with Crippen LogP contribution in [0.15, 0.2) is 36.0 Å². The van der Waals surface area contributed by atoms with Gasteiger partial charge in [-0.15, -0.1) is 6.58 Å². The fourth-order valence-corrected chi connectivity index (χ4v) is 5.31. The Morgan fingerprint density at radius 2 is 2.21 bits per heavy atom. The van der Waals surface area contributed by atoms with Gasteiger partial charge in [-0.3, -0.25) is 4.79 Å². The number of amides is 1. The van der Waals surface area contributed by atoms with Crippen molar-refractivity contribution < 1.29 is 13.2 Å². The zero-order chi connectivity index (χ0) is 20.5. The molecule has 0 radical (unpaired) electrons. The van der Waals surface area contributed by atoms with Gasteiger partial charge in [0.05, 0.1) is 11.8 Å². The monoisotopic (exact) mass is 468 g/mol. The van der Waals surface area contributed by atoms with Crippen molar-refractivity contribution in [2.75, 3.05) is 24.7 Å². The molecule has 1 aliphatic heterocycles. The summed E-state index contributed by atoms with van der Waals surface area (Å²) in [6.07, 6.45) is 5.15. The number of hydrogen-bond acceptors (Lipinski definition) is 5. The second-order valence-corrected chi connectivity index (χ2v) is 10.5. The molecular formula is C19H25BrN4O3S. The van der Waals surface area contributed by atoms with E-state index < -0.39 is 10.0 Å². The lowest BCUT2D eigenvalue weighted by atomic mass is 9.99. The Kier molecular flexibility index (Phi) is 6.09. The van der Waals surface area contributed by atoms with Crippen LogP contribution in [0.1, 0.15) is 24.8 Å². The number of aromatic nitrogens is 1. The zero-order valence-corrected chi connectivity index (χ0v) is 18.2. The third kappa shape index (κ3) is 4.37. The summed E-state index contributed by atoms with van der Waals surface area (Å²) in [6.45, 7) is 7.74. The summed E-state index contributed by atoms with van der Waals surface area (Å²) in [5.41, 5.74) is 0.562. The van der Waals surface area contributed by atoms with Gasteiger partial charge in [0.2, 0.25) is 15.9 Å². The summed E-state index contributed by atoms with van der Waals surface area (Å²) < 4.78 is 26.8. The average molecular weight is 469 g/mol. The third-order valence-electron chi connectivity index (χ3n) is 5.47. The summed E-state index contributed by atoms with van der Waals surface area (Å²) in [5, 5.41) is 6.18. The molecule has 2 N–H and O–H groups in total. The van der Waals surface area contributed by atoms with Crippen LogP contribution in [0, 0.1) is 5.41 Å². The van der Waals surface area contributed by atoms with Crippen LogP contribution in [0.2, 0.25) is 0 Å². The van der Waals surface area contributed by atoms with Gasteiger partial charge in [-0.1, -0.05) is 18.7 Å². The van der Waals surface area contributed by atoms with E-state index in [0.29, 0.717) is 29.8 Å². The topological polar surface area (TPSA) is 91.4 Å². The highest BCUT2D eigenvalue weighted by Crippen LogP contribution is 2.55. The molecule has 0 aromatic carbocycles. The first-order valence-electron chi connectivity index (χ1n) is 9.11. The molecule has 0 bridgehead atoms. The lowest BCUT2D eigenvalue weighted by molar-refractivity contribution is -0.118. The number of pyridine rings is 1. The van der Waals surface area contributed by atoms with Crippen molar-refractivity contribution >= 4 is 43.8 Å². The number of carbonyl (C=O) groups excluding carboxylic acids is 1. The Bertz CT molecular complexity index is 904. The number of halogens is 1. The van der Waals surface area contributed by atoms with Crippen LogP contribution in [0.3, 0.4) is 0 Å². The molecule has 3 rings (SSSR count). The van der Waals surface area contributed by atoms with E-state index in [9.17, 15) is 13.2 Å². The number of anilines is 1. The molecule has 9 heteroatoms. The molecule has 1 unspecified atom stereocenters. The van der Waals surface area contributed by atoms with Crippen LogP contribution in [0.25, 0.3) is 6.08 Å². The van der Waals surface area contributed by atoms with Crippen molar-refractivity contribution in [3.63, 3.8) is 0 Å². The SMILES string of the molecule is C=CCCS(=O)(=O)N(C)C[C@]12CC1N[C@H](C(=O)Nc1nc(Br)ccc1C=C)C2. The highest BCUT2D eigenvalue weighted by Gasteiger charge is 2.62. The van der Waals surface area contributed by atoms with Crippen molar-refractivity contribution in [3.05, 3.63) is 41.5 Å². The highest BCUT2D eigenvalue weighted by atomic mass is 79.9. The predicted octanol–water partition coefficient (Wildman–Crippen LogP) is 2.38. The number of hydrogen-bond donors (Lipinski definition) is 2. The van der Waals surface area contributed by atoms with Gasteiger partial charge in [-0.05, 0) is 47.3 Å². The smallest absolute Gasteiger partial charge is 0.242 e. The average Bonchev–Trinajstić information content (AvgIpc) is 3.19. The number of sulfonamides is 1. The van der Waals surface area contributed by atoms with Crippen LogP contribution < -0.4 is 10.6 Å². The maximum Gasteiger partial charge on any atom is 0.242 e. The van der Waals surface area contributed by atoms with Gasteiger partial charge in [0.15, 0.2) is 0 Å². The Balaban J connectivity index is 1.63. The fourth-order valence-electron chi connectivity index (χ4n) is 3.77. The number of nitrogens with zero attached hydrogens (tertiary/aromatic N) is 2. The van der Waals surface area contributed by atoms with Gasteiger partial charge in [0.1, 0.15) is 10.4 Å². The van der Waals surface area contributed by atoms with Crippen LogP contribution in [0.5, 0.6) is 0 Å². The molecule has 1 aliphatic carbocycles. The number of rotatable bonds is 9. The highest BCUT2D eigenvalue weighted by molar-refractivity contribution is 9.10. The summed E-state index contributed by atoms with van der Waals surface area (Å²) in [6, 6.07) is 3.40. The number of piperidine rings is 1. The van der Waals surface area contributed by atoms with E-state index in [1.54, 1.807) is 25.3 Å². The van der Waals surface area contributed by atoms with E-state index in [0.717, 1.165) is 12.0 Å². The van der Waals surface area contributed by atoms with Crippen LogP contribution in [0.4, 0.5) is 5.82 Å². The molecular weight excluding hydrogens is 444 g/mol. The lowest BCUT2D eigenvalue weighted by Crippen LogP contribution is -2.38. The standard InChI is InChI=1S/C19H25BrN4O3S/c1-4-6-9-28(26,27)24(3)12-19-10-14(21-15(19)11-19)18(25)23-17-13(5-2)7-8-16(20)22-17/h4-5,7-8,14-15,21H,1-2,6,9-12H2,3H3,(H,22,23,25)/t14-,15?,19-/m0/s1. The van der Waals surface area contributed by atoms with Crippen LogP contribution in [-0.4, -0.2) is 55.0 Å². The summed E-state index contributed by atoms with van der Waals surface area (Å²) in [4.78, 5) is 17.0. The Labute approximate surface area is 174 Å². The molecule has 28 heavy (non-hydrogen) atoms.